The Labute approximate surface area is 196 Å². The summed E-state index contributed by atoms with van der Waals surface area (Å²) in [5.74, 6) is -0.581. The average molecular weight is 435 g/mol. The van der Waals surface area contributed by atoms with E-state index in [1.165, 1.54) is 22.3 Å². The normalized spacial score (nSPS) is 19.8. The van der Waals surface area contributed by atoms with E-state index in [4.69, 9.17) is 9.47 Å². The van der Waals surface area contributed by atoms with Crippen molar-refractivity contribution in [3.8, 4) is 0 Å². The van der Waals surface area contributed by atoms with E-state index < -0.39 is 5.79 Å². The Bertz CT molecular complexity index is 969. The fraction of sp³-hybridized carbons (Fsp3) is 0.226. The van der Waals surface area contributed by atoms with Crippen LogP contribution in [0.1, 0.15) is 47.9 Å². The third kappa shape index (κ3) is 4.64. The summed E-state index contributed by atoms with van der Waals surface area (Å²) in [6, 6.07) is 42.7. The average Bonchev–Trinajstić information content (AvgIpc) is 3.16. The molecule has 2 atom stereocenters. The maximum atomic E-state index is 6.73. The van der Waals surface area contributed by atoms with Crippen LogP contribution in [0.25, 0.3) is 0 Å². The van der Waals surface area contributed by atoms with Crippen LogP contribution >= 0.6 is 0 Å². The van der Waals surface area contributed by atoms with Crippen molar-refractivity contribution in [3.63, 3.8) is 0 Å². The van der Waals surface area contributed by atoms with E-state index in [1.807, 2.05) is 13.8 Å². The van der Waals surface area contributed by atoms with Crippen LogP contribution in [0.15, 0.2) is 121 Å². The van der Waals surface area contributed by atoms with Gasteiger partial charge in [0.25, 0.3) is 0 Å². The topological polar surface area (TPSA) is 18.5 Å². The van der Waals surface area contributed by atoms with Crippen molar-refractivity contribution < 1.29 is 9.47 Å². The van der Waals surface area contributed by atoms with Gasteiger partial charge in [-0.1, -0.05) is 121 Å². The number of benzene rings is 4. The Morgan fingerprint density at radius 1 is 0.455 bits per heavy atom. The summed E-state index contributed by atoms with van der Waals surface area (Å²) in [5, 5.41) is 0. The van der Waals surface area contributed by atoms with Crippen LogP contribution in [0.5, 0.6) is 0 Å². The van der Waals surface area contributed by atoms with Gasteiger partial charge in [0.05, 0.1) is 12.2 Å². The van der Waals surface area contributed by atoms with Crippen LogP contribution in [0.4, 0.5) is 0 Å². The molecule has 1 heterocycles. The molecule has 1 aliphatic heterocycles. The lowest BCUT2D eigenvalue weighted by molar-refractivity contribution is -0.148. The maximum absolute atomic E-state index is 6.73. The molecule has 5 rings (SSSR count). The minimum Gasteiger partial charge on any atom is -0.344 e. The molecule has 0 bridgehead atoms. The van der Waals surface area contributed by atoms with E-state index in [-0.39, 0.29) is 24.0 Å². The van der Waals surface area contributed by atoms with Gasteiger partial charge in [0.15, 0.2) is 5.79 Å². The predicted octanol–water partition coefficient (Wildman–Crippen LogP) is 7.17. The number of rotatable bonds is 6. The molecule has 0 aromatic heterocycles. The molecule has 0 spiro atoms. The zero-order chi connectivity index (χ0) is 22.7. The Morgan fingerprint density at radius 3 is 0.939 bits per heavy atom. The van der Waals surface area contributed by atoms with E-state index in [2.05, 4.69) is 121 Å². The second kappa shape index (κ2) is 9.35. The quantitative estimate of drug-likeness (QED) is 0.320. The molecule has 0 aliphatic carbocycles. The molecule has 2 unspecified atom stereocenters. The summed E-state index contributed by atoms with van der Waals surface area (Å²) in [6.07, 6.45) is -0.314. The van der Waals surface area contributed by atoms with Crippen LogP contribution in [-0.2, 0) is 9.47 Å². The van der Waals surface area contributed by atoms with Crippen molar-refractivity contribution >= 4 is 0 Å². The lowest BCUT2D eigenvalue weighted by atomic mass is 9.77. The van der Waals surface area contributed by atoms with Crippen molar-refractivity contribution in [1.82, 2.24) is 0 Å². The molecule has 0 radical (unpaired) electrons. The predicted molar refractivity (Wildman–Crippen MR) is 133 cm³/mol. The molecule has 166 valence electrons. The SMILES string of the molecule is CC1(C)OC(C(c2ccccc2)c2ccccc2)C(C(c2ccccc2)c2ccccc2)O1. The van der Waals surface area contributed by atoms with Crippen LogP contribution in [0, 0.1) is 0 Å². The van der Waals surface area contributed by atoms with E-state index in [0.29, 0.717) is 0 Å². The summed E-state index contributed by atoms with van der Waals surface area (Å²) in [4.78, 5) is 0. The first kappa shape index (κ1) is 21.6. The highest BCUT2D eigenvalue weighted by molar-refractivity contribution is 5.39. The summed E-state index contributed by atoms with van der Waals surface area (Å²) in [7, 11) is 0. The second-order valence-electron chi connectivity index (χ2n) is 9.16. The van der Waals surface area contributed by atoms with Crippen molar-refractivity contribution in [2.75, 3.05) is 0 Å². The molecule has 4 aromatic rings. The summed E-state index contributed by atoms with van der Waals surface area (Å²) >= 11 is 0. The Kier molecular flexibility index (Phi) is 6.13. The van der Waals surface area contributed by atoms with Gasteiger partial charge >= 0.3 is 0 Å². The van der Waals surface area contributed by atoms with Gasteiger partial charge in [0.1, 0.15) is 0 Å². The Balaban J connectivity index is 1.66. The van der Waals surface area contributed by atoms with Gasteiger partial charge in [-0.3, -0.25) is 0 Å². The van der Waals surface area contributed by atoms with Gasteiger partial charge in [0.2, 0.25) is 0 Å². The molecule has 0 N–H and O–H groups in total. The largest absolute Gasteiger partial charge is 0.344 e. The zero-order valence-corrected chi connectivity index (χ0v) is 19.2. The van der Waals surface area contributed by atoms with E-state index >= 15 is 0 Å². The summed E-state index contributed by atoms with van der Waals surface area (Å²) < 4.78 is 13.5. The number of hydrogen-bond donors (Lipinski definition) is 0. The van der Waals surface area contributed by atoms with Gasteiger partial charge in [-0.2, -0.15) is 0 Å². The first-order valence-corrected chi connectivity index (χ1v) is 11.7. The van der Waals surface area contributed by atoms with Crippen LogP contribution in [0.3, 0.4) is 0 Å². The van der Waals surface area contributed by atoms with Crippen LogP contribution in [0.2, 0.25) is 0 Å². The van der Waals surface area contributed by atoms with Gasteiger partial charge in [0, 0.05) is 11.8 Å². The summed E-state index contributed by atoms with van der Waals surface area (Å²) in [6.45, 7) is 4.06. The van der Waals surface area contributed by atoms with Gasteiger partial charge in [-0.05, 0) is 36.1 Å². The van der Waals surface area contributed by atoms with Crippen LogP contribution < -0.4 is 0 Å². The third-order valence-corrected chi connectivity index (χ3v) is 6.46. The second-order valence-corrected chi connectivity index (χ2v) is 9.16. The molecular weight excluding hydrogens is 404 g/mol. The molecule has 0 saturated carbocycles. The third-order valence-electron chi connectivity index (χ3n) is 6.46. The molecule has 0 amide bonds. The van der Waals surface area contributed by atoms with Crippen molar-refractivity contribution in [3.05, 3.63) is 144 Å². The monoisotopic (exact) mass is 434 g/mol. The molecule has 2 heteroatoms. The molecule has 1 fully saturated rings. The Hall–Kier alpha value is -3.20. The fourth-order valence-corrected chi connectivity index (χ4v) is 5.12. The lowest BCUT2D eigenvalue weighted by Gasteiger charge is -2.32. The van der Waals surface area contributed by atoms with Gasteiger partial charge in [-0.15, -0.1) is 0 Å². The molecule has 4 aromatic carbocycles. The van der Waals surface area contributed by atoms with Gasteiger partial charge < -0.3 is 9.47 Å². The number of hydrogen-bond acceptors (Lipinski definition) is 2. The molecule has 1 aliphatic rings. The molecule has 1 saturated heterocycles. The van der Waals surface area contributed by atoms with Crippen molar-refractivity contribution in [2.45, 2.75) is 43.7 Å². The Morgan fingerprint density at radius 2 is 0.697 bits per heavy atom. The van der Waals surface area contributed by atoms with E-state index in [0.717, 1.165) is 0 Å². The number of ether oxygens (including phenoxy) is 2. The zero-order valence-electron chi connectivity index (χ0n) is 19.2. The molecule has 33 heavy (non-hydrogen) atoms. The maximum Gasteiger partial charge on any atom is 0.163 e. The standard InChI is InChI=1S/C31H30O2/c1-31(2)32-29(27(23-15-7-3-8-16-23)24-17-9-4-10-18-24)30(33-31)28(25-19-11-5-12-20-25)26-21-13-6-14-22-26/h3-22,27-30H,1-2H3. The van der Waals surface area contributed by atoms with E-state index in [1.54, 1.807) is 0 Å². The molecule has 2 nitrogen and oxygen atoms in total. The first-order valence-electron chi connectivity index (χ1n) is 11.7. The first-order chi connectivity index (χ1) is 16.1. The van der Waals surface area contributed by atoms with Crippen molar-refractivity contribution in [1.29, 1.82) is 0 Å². The highest BCUT2D eigenvalue weighted by Gasteiger charge is 2.49. The molecular formula is C31H30O2. The van der Waals surface area contributed by atoms with Crippen LogP contribution in [-0.4, -0.2) is 18.0 Å². The highest BCUT2D eigenvalue weighted by atomic mass is 16.8. The highest BCUT2D eigenvalue weighted by Crippen LogP contribution is 2.46. The summed E-state index contributed by atoms with van der Waals surface area (Å²) in [5.41, 5.74) is 4.94. The van der Waals surface area contributed by atoms with E-state index in [9.17, 15) is 0 Å². The minimum atomic E-state index is -0.682. The smallest absolute Gasteiger partial charge is 0.163 e. The van der Waals surface area contributed by atoms with Crippen molar-refractivity contribution in [2.24, 2.45) is 0 Å². The lowest BCUT2D eigenvalue weighted by Crippen LogP contribution is -2.35. The van der Waals surface area contributed by atoms with Gasteiger partial charge in [-0.25, -0.2) is 0 Å². The minimum absolute atomic E-state index is 0.0501. The fourth-order valence-electron chi connectivity index (χ4n) is 5.12.